The van der Waals surface area contributed by atoms with Gasteiger partial charge in [-0.2, -0.15) is 0 Å². The number of phenols is 2. The molecule has 1 aliphatic carbocycles. The Morgan fingerprint density at radius 2 is 1.76 bits per heavy atom. The van der Waals surface area contributed by atoms with Gasteiger partial charge in [0.15, 0.2) is 23.0 Å². The van der Waals surface area contributed by atoms with Gasteiger partial charge >= 0.3 is 0 Å². The average molecular weight is 343 g/mol. The van der Waals surface area contributed by atoms with Crippen LogP contribution in [0.2, 0.25) is 0 Å². The number of hydrogen-bond acceptors (Lipinski definition) is 6. The van der Waals surface area contributed by atoms with Crippen LogP contribution in [0.25, 0.3) is 11.1 Å². The van der Waals surface area contributed by atoms with Crippen molar-refractivity contribution in [3.63, 3.8) is 0 Å². The van der Waals surface area contributed by atoms with Gasteiger partial charge in [0.05, 0.1) is 20.3 Å². The highest BCUT2D eigenvalue weighted by Gasteiger charge is 2.39. The van der Waals surface area contributed by atoms with E-state index in [0.717, 1.165) is 23.1 Å². The third-order valence-electron chi connectivity index (χ3n) is 5.33. The molecule has 0 aromatic heterocycles. The molecule has 2 unspecified atom stereocenters. The van der Waals surface area contributed by atoms with Crippen molar-refractivity contribution in [3.05, 3.63) is 34.9 Å². The molecule has 0 fully saturated rings. The van der Waals surface area contributed by atoms with Crippen molar-refractivity contribution in [2.45, 2.75) is 18.6 Å². The summed E-state index contributed by atoms with van der Waals surface area (Å²) in [5, 5.41) is 31.3. The third kappa shape index (κ3) is 2.18. The molecule has 6 nitrogen and oxygen atoms in total. The maximum Gasteiger partial charge on any atom is 0.165 e. The molecule has 0 radical (unpaired) electrons. The molecule has 0 amide bonds. The largest absolute Gasteiger partial charge is 0.504 e. The Morgan fingerprint density at radius 3 is 2.44 bits per heavy atom. The lowest BCUT2D eigenvalue weighted by atomic mass is 9.76. The SMILES string of the molecule is COc1cc2c(cc1OC)-c1c(O)c(O)cc3c1C(C2)N(C)CC3O. The van der Waals surface area contributed by atoms with Crippen molar-refractivity contribution >= 4 is 0 Å². The summed E-state index contributed by atoms with van der Waals surface area (Å²) in [5.74, 6) is 0.794. The Morgan fingerprint density at radius 1 is 1.08 bits per heavy atom. The zero-order valence-electron chi connectivity index (χ0n) is 14.4. The van der Waals surface area contributed by atoms with Crippen LogP contribution in [0.3, 0.4) is 0 Å². The molecule has 132 valence electrons. The van der Waals surface area contributed by atoms with Gasteiger partial charge in [-0.1, -0.05) is 0 Å². The first-order chi connectivity index (χ1) is 12.0. The minimum Gasteiger partial charge on any atom is -0.504 e. The van der Waals surface area contributed by atoms with E-state index in [4.69, 9.17) is 9.47 Å². The highest BCUT2D eigenvalue weighted by atomic mass is 16.5. The third-order valence-corrected chi connectivity index (χ3v) is 5.33. The van der Waals surface area contributed by atoms with Gasteiger partial charge in [0, 0.05) is 18.2 Å². The van der Waals surface area contributed by atoms with Gasteiger partial charge < -0.3 is 24.8 Å². The van der Waals surface area contributed by atoms with E-state index in [1.807, 2.05) is 19.2 Å². The molecule has 6 heteroatoms. The van der Waals surface area contributed by atoms with Crippen molar-refractivity contribution in [1.29, 1.82) is 0 Å². The number of rotatable bonds is 2. The number of fused-ring (bicyclic) bond motifs is 2. The van der Waals surface area contributed by atoms with Gasteiger partial charge in [0.2, 0.25) is 0 Å². The van der Waals surface area contributed by atoms with Crippen molar-refractivity contribution < 1.29 is 24.8 Å². The molecule has 0 saturated heterocycles. The summed E-state index contributed by atoms with van der Waals surface area (Å²) in [5.41, 5.74) is 3.91. The van der Waals surface area contributed by atoms with Gasteiger partial charge in [-0.3, -0.25) is 4.90 Å². The molecule has 3 N–H and O–H groups in total. The Balaban J connectivity index is 2.06. The normalized spacial score (nSPS) is 21.4. The quantitative estimate of drug-likeness (QED) is 0.726. The summed E-state index contributed by atoms with van der Waals surface area (Å²) in [6, 6.07) is 5.23. The summed E-state index contributed by atoms with van der Waals surface area (Å²) in [4.78, 5) is 2.08. The summed E-state index contributed by atoms with van der Waals surface area (Å²) in [6.07, 6.45) is 0.0199. The Bertz CT molecular complexity index is 864. The Labute approximate surface area is 145 Å². The van der Waals surface area contributed by atoms with Gasteiger partial charge in [0.1, 0.15) is 0 Å². The monoisotopic (exact) mass is 343 g/mol. The van der Waals surface area contributed by atoms with E-state index in [0.29, 0.717) is 29.2 Å². The number of likely N-dealkylation sites (N-methyl/N-ethyl adjacent to an activating group) is 1. The van der Waals surface area contributed by atoms with Gasteiger partial charge in [-0.25, -0.2) is 0 Å². The molecule has 1 aliphatic heterocycles. The fourth-order valence-corrected chi connectivity index (χ4v) is 4.11. The van der Waals surface area contributed by atoms with Crippen LogP contribution >= 0.6 is 0 Å². The summed E-state index contributed by atoms with van der Waals surface area (Å²) < 4.78 is 10.8. The van der Waals surface area contributed by atoms with Crippen LogP contribution in [0.4, 0.5) is 0 Å². The highest BCUT2D eigenvalue weighted by Crippen LogP contribution is 2.54. The van der Waals surface area contributed by atoms with E-state index in [-0.39, 0.29) is 17.5 Å². The number of phenolic OH excluding ortho intramolecular Hbond substituents is 2. The predicted molar refractivity (Wildman–Crippen MR) is 92.3 cm³/mol. The van der Waals surface area contributed by atoms with Crippen LogP contribution in [0.1, 0.15) is 28.8 Å². The molecule has 25 heavy (non-hydrogen) atoms. The highest BCUT2D eigenvalue weighted by molar-refractivity contribution is 5.84. The smallest absolute Gasteiger partial charge is 0.165 e. The topological polar surface area (TPSA) is 82.4 Å². The molecule has 1 heterocycles. The molecule has 4 rings (SSSR count). The molecule has 0 spiro atoms. The van der Waals surface area contributed by atoms with E-state index in [1.54, 1.807) is 14.2 Å². The second-order valence-corrected chi connectivity index (χ2v) is 6.66. The predicted octanol–water partition coefficient (Wildman–Crippen LogP) is 2.36. The average Bonchev–Trinajstić information content (AvgIpc) is 2.60. The zero-order chi connectivity index (χ0) is 17.9. The van der Waals surface area contributed by atoms with Crippen molar-refractivity contribution in [2.75, 3.05) is 27.8 Å². The maximum atomic E-state index is 10.6. The van der Waals surface area contributed by atoms with Crippen LogP contribution in [-0.2, 0) is 6.42 Å². The minimum atomic E-state index is -0.705. The molecule has 0 saturated carbocycles. The van der Waals surface area contributed by atoms with Gasteiger partial charge in [-0.05, 0) is 53.9 Å². The van der Waals surface area contributed by atoms with Crippen molar-refractivity contribution in [3.8, 4) is 34.1 Å². The van der Waals surface area contributed by atoms with E-state index < -0.39 is 6.10 Å². The second-order valence-electron chi connectivity index (χ2n) is 6.66. The first-order valence-electron chi connectivity index (χ1n) is 8.18. The molecular formula is C19H21NO5. The molecule has 2 aromatic carbocycles. The Kier molecular flexibility index (Phi) is 3.56. The zero-order valence-corrected chi connectivity index (χ0v) is 14.4. The number of aliphatic hydroxyl groups excluding tert-OH is 1. The fourth-order valence-electron chi connectivity index (χ4n) is 4.11. The number of ether oxygens (including phenoxy) is 2. The fraction of sp³-hybridized carbons (Fsp3) is 0.368. The van der Waals surface area contributed by atoms with E-state index in [1.165, 1.54) is 6.07 Å². The van der Waals surface area contributed by atoms with Crippen LogP contribution in [0.5, 0.6) is 23.0 Å². The van der Waals surface area contributed by atoms with Gasteiger partial charge in [0.25, 0.3) is 0 Å². The molecule has 2 aromatic rings. The van der Waals surface area contributed by atoms with Crippen LogP contribution in [-0.4, -0.2) is 48.0 Å². The lowest BCUT2D eigenvalue weighted by Gasteiger charge is -2.42. The van der Waals surface area contributed by atoms with E-state index in [9.17, 15) is 15.3 Å². The summed E-state index contributed by atoms with van der Waals surface area (Å²) in [6.45, 7) is 0.476. The molecular weight excluding hydrogens is 322 g/mol. The van der Waals surface area contributed by atoms with Crippen molar-refractivity contribution in [1.82, 2.24) is 4.90 Å². The first kappa shape index (κ1) is 16.1. The number of benzene rings is 2. The van der Waals surface area contributed by atoms with E-state index >= 15 is 0 Å². The Hall–Kier alpha value is -2.44. The lowest BCUT2D eigenvalue weighted by Crippen LogP contribution is -2.38. The molecule has 2 atom stereocenters. The van der Waals surface area contributed by atoms with E-state index in [2.05, 4.69) is 4.90 Å². The minimum absolute atomic E-state index is 0.0190. The number of β-amino-alcohol motifs (C(OH)–C–C–N with tert-alkyl or cyclic N) is 1. The first-order valence-corrected chi connectivity index (χ1v) is 8.18. The number of hydrogen-bond donors (Lipinski definition) is 3. The van der Waals surface area contributed by atoms with Crippen LogP contribution in [0, 0.1) is 0 Å². The number of nitrogens with zero attached hydrogens (tertiary/aromatic N) is 1. The number of aromatic hydroxyl groups is 2. The standard InChI is InChI=1S/C19H21NO5/c1-20-8-14(22)11-6-13(21)19(23)18-10-7-16(25-3)15(24-2)5-9(10)4-12(20)17(11)18/h5-7,12,14,21-23H,4,8H2,1-3H3. The number of aliphatic hydroxyl groups is 1. The number of methoxy groups -OCH3 is 2. The van der Waals surface area contributed by atoms with Crippen LogP contribution in [0.15, 0.2) is 18.2 Å². The van der Waals surface area contributed by atoms with Crippen LogP contribution < -0.4 is 9.47 Å². The maximum absolute atomic E-state index is 10.6. The lowest BCUT2D eigenvalue weighted by molar-refractivity contribution is 0.0828. The second kappa shape index (κ2) is 5.54. The van der Waals surface area contributed by atoms with Gasteiger partial charge in [-0.15, -0.1) is 0 Å². The summed E-state index contributed by atoms with van der Waals surface area (Å²) in [7, 11) is 5.10. The van der Waals surface area contributed by atoms with Crippen molar-refractivity contribution in [2.24, 2.45) is 0 Å². The molecule has 0 bridgehead atoms. The molecule has 2 aliphatic rings. The summed E-state index contributed by atoms with van der Waals surface area (Å²) >= 11 is 0.